The molecule has 0 aromatic rings. The lowest BCUT2D eigenvalue weighted by atomic mass is 10.1. The first kappa shape index (κ1) is 19.1. The minimum Gasteiger partial charge on any atom is -0.449 e. The van der Waals surface area contributed by atoms with Crippen LogP contribution in [0.4, 0.5) is 0 Å². The molecule has 0 aromatic carbocycles. The van der Waals surface area contributed by atoms with Crippen molar-refractivity contribution in [1.82, 2.24) is 4.90 Å². The molecule has 0 radical (unpaired) electrons. The van der Waals surface area contributed by atoms with Gasteiger partial charge >= 0.3 is 13.8 Å². The maximum absolute atomic E-state index is 11.3. The number of hydrogen-bond donors (Lipinski definition) is 4. The van der Waals surface area contributed by atoms with Gasteiger partial charge in [0.2, 0.25) is 11.9 Å². The van der Waals surface area contributed by atoms with Crippen LogP contribution in [0.2, 0.25) is 0 Å². The van der Waals surface area contributed by atoms with Crippen molar-refractivity contribution in [2.24, 2.45) is 0 Å². The third kappa shape index (κ3) is 6.53. The summed E-state index contributed by atoms with van der Waals surface area (Å²) in [6, 6.07) is 0. The molecule has 1 aliphatic heterocycles. The number of carbonyl (C=O) groups excluding carboxylic acids is 2. The summed E-state index contributed by atoms with van der Waals surface area (Å²) in [5, 5.41) is 17.6. The molecule has 11 heteroatoms. The van der Waals surface area contributed by atoms with E-state index in [1.54, 1.807) is 0 Å². The van der Waals surface area contributed by atoms with Crippen LogP contribution < -0.4 is 0 Å². The summed E-state index contributed by atoms with van der Waals surface area (Å²) in [5.74, 6) is -2.46. The zero-order chi connectivity index (χ0) is 16.1. The maximum atomic E-state index is 11.3. The van der Waals surface area contributed by atoms with Crippen molar-refractivity contribution in [2.75, 3.05) is 27.7 Å². The summed E-state index contributed by atoms with van der Waals surface area (Å²) >= 11 is 0. The van der Waals surface area contributed by atoms with E-state index in [2.05, 4.69) is 9.26 Å². The lowest BCUT2D eigenvalue weighted by molar-refractivity contribution is -0.151. The van der Waals surface area contributed by atoms with E-state index in [0.717, 1.165) is 0 Å². The van der Waals surface area contributed by atoms with Crippen LogP contribution in [0.1, 0.15) is 0 Å². The fourth-order valence-electron chi connectivity index (χ4n) is 1.11. The summed E-state index contributed by atoms with van der Waals surface area (Å²) in [4.78, 5) is 41.1. The van der Waals surface area contributed by atoms with Crippen molar-refractivity contribution in [3.05, 3.63) is 0 Å². The highest BCUT2D eigenvalue weighted by atomic mass is 31.2. The summed E-state index contributed by atoms with van der Waals surface area (Å²) in [6.07, 6.45) is -5.40. The molecule has 3 atom stereocenters. The van der Waals surface area contributed by atoms with E-state index >= 15 is 0 Å². The van der Waals surface area contributed by atoms with Crippen LogP contribution in [0.5, 0.6) is 0 Å². The van der Waals surface area contributed by atoms with E-state index in [-0.39, 0.29) is 0 Å². The number of ketones is 1. The molecule has 0 aliphatic carbocycles. The van der Waals surface area contributed by atoms with Gasteiger partial charge in [0.05, 0.1) is 6.61 Å². The second kappa shape index (κ2) is 7.79. The molecular weight excluding hydrogens is 297 g/mol. The smallest absolute Gasteiger partial charge is 0.449 e. The molecule has 0 spiro atoms. The number of cyclic esters (lactones) is 1. The predicted molar refractivity (Wildman–Crippen MR) is 64.5 cm³/mol. The summed E-state index contributed by atoms with van der Waals surface area (Å²) < 4.78 is 18.6. The first-order valence-electron chi connectivity index (χ1n) is 5.37. The molecule has 0 saturated carbocycles. The molecule has 1 fully saturated rings. The molecule has 1 heterocycles. The van der Waals surface area contributed by atoms with Crippen LogP contribution in [-0.2, 0) is 23.4 Å². The van der Waals surface area contributed by atoms with E-state index in [0.29, 0.717) is 0 Å². The van der Waals surface area contributed by atoms with Gasteiger partial charge in [-0.05, 0) is 21.1 Å². The number of rotatable bonds is 4. The molecule has 0 bridgehead atoms. The Morgan fingerprint density at radius 1 is 1.35 bits per heavy atom. The van der Waals surface area contributed by atoms with Crippen molar-refractivity contribution in [2.45, 2.75) is 18.3 Å². The molecule has 1 unspecified atom stereocenters. The Kier molecular flexibility index (Phi) is 7.45. The van der Waals surface area contributed by atoms with Gasteiger partial charge in [-0.3, -0.25) is 9.32 Å². The zero-order valence-corrected chi connectivity index (χ0v) is 12.1. The highest BCUT2D eigenvalue weighted by Crippen LogP contribution is 2.39. The number of carbonyl (C=O) groups is 2. The fraction of sp³-hybridized carbons (Fsp3) is 0.778. The summed E-state index contributed by atoms with van der Waals surface area (Å²) in [6.45, 7) is -0.841. The van der Waals surface area contributed by atoms with Crippen LogP contribution in [0, 0.1) is 0 Å². The Morgan fingerprint density at radius 2 is 1.80 bits per heavy atom. The van der Waals surface area contributed by atoms with Crippen LogP contribution in [0.3, 0.4) is 0 Å². The Morgan fingerprint density at radius 3 is 2.15 bits per heavy atom. The number of phosphoric ester groups is 1. The van der Waals surface area contributed by atoms with Crippen molar-refractivity contribution in [3.63, 3.8) is 0 Å². The quantitative estimate of drug-likeness (QED) is 0.248. The minimum atomic E-state index is -5.02. The average Bonchev–Trinajstić information content (AvgIpc) is 2.53. The van der Waals surface area contributed by atoms with E-state index in [1.807, 2.05) is 26.0 Å². The number of phosphoric acid groups is 1. The lowest BCUT2D eigenvalue weighted by Gasteiger charge is -2.12. The number of esters is 1. The molecule has 1 aliphatic rings. The van der Waals surface area contributed by atoms with Gasteiger partial charge in [-0.15, -0.1) is 0 Å². The number of Topliss-reactive ketones (excluding diaryl/α,β-unsaturated/α-hetero) is 1. The molecule has 0 aromatic heterocycles. The molecule has 10 nitrogen and oxygen atoms in total. The van der Waals surface area contributed by atoms with Crippen molar-refractivity contribution in [1.29, 1.82) is 0 Å². The lowest BCUT2D eigenvalue weighted by Crippen LogP contribution is -2.37. The fourth-order valence-corrected chi connectivity index (χ4v) is 1.57. The first-order chi connectivity index (χ1) is 8.99. The summed E-state index contributed by atoms with van der Waals surface area (Å²) in [5.41, 5.74) is 0. The monoisotopic (exact) mass is 315 g/mol. The first-order valence-corrected chi connectivity index (χ1v) is 6.90. The third-order valence-electron chi connectivity index (χ3n) is 1.78. The molecule has 1 saturated heterocycles. The molecule has 1 rings (SSSR count). The normalized spacial score (nSPS) is 24.2. The average molecular weight is 315 g/mol. The number of hydrogen-bond acceptors (Lipinski definition) is 8. The van der Waals surface area contributed by atoms with E-state index in [1.165, 1.54) is 0 Å². The number of ether oxygens (including phenoxy) is 1. The van der Waals surface area contributed by atoms with Gasteiger partial charge < -0.3 is 29.6 Å². The molecule has 0 amide bonds. The largest absolute Gasteiger partial charge is 0.470 e. The Hall–Kier alpha value is -0.870. The van der Waals surface area contributed by atoms with Gasteiger partial charge in [0, 0.05) is 0 Å². The van der Waals surface area contributed by atoms with Crippen LogP contribution >= 0.6 is 7.82 Å². The Labute approximate surface area is 115 Å². The number of aliphatic hydroxyl groups is 2. The van der Waals surface area contributed by atoms with Gasteiger partial charge in [0.1, 0.15) is 6.10 Å². The molecule has 20 heavy (non-hydrogen) atoms. The van der Waals surface area contributed by atoms with Crippen LogP contribution in [-0.4, -0.2) is 82.7 Å². The van der Waals surface area contributed by atoms with E-state index in [4.69, 9.17) is 20.0 Å². The second-order valence-corrected chi connectivity index (χ2v) is 5.52. The topological polar surface area (TPSA) is 154 Å². The SMILES string of the molecule is CN(C)C.O=C1O[C@H]([C@H](O)CO)C(=O)C1OP(=O)(O)O. The zero-order valence-electron chi connectivity index (χ0n) is 11.2. The van der Waals surface area contributed by atoms with Crippen LogP contribution in [0.15, 0.2) is 0 Å². The van der Waals surface area contributed by atoms with Crippen LogP contribution in [0.25, 0.3) is 0 Å². The van der Waals surface area contributed by atoms with Gasteiger partial charge in [-0.25, -0.2) is 9.36 Å². The number of nitrogens with zero attached hydrogens (tertiary/aromatic N) is 1. The highest BCUT2D eigenvalue weighted by Gasteiger charge is 2.50. The second-order valence-electron chi connectivity index (χ2n) is 4.33. The van der Waals surface area contributed by atoms with Crippen molar-refractivity contribution >= 4 is 19.6 Å². The molecule has 4 N–H and O–H groups in total. The van der Waals surface area contributed by atoms with E-state index in [9.17, 15) is 14.2 Å². The predicted octanol–water partition coefficient (Wildman–Crippen LogP) is -2.51. The Balaban J connectivity index is 0.000000796. The minimum absolute atomic E-state index is 0.841. The van der Waals surface area contributed by atoms with E-state index < -0.39 is 44.5 Å². The molecule has 118 valence electrons. The van der Waals surface area contributed by atoms with Gasteiger partial charge in [0.15, 0.2) is 6.10 Å². The van der Waals surface area contributed by atoms with Crippen molar-refractivity contribution in [3.8, 4) is 0 Å². The van der Waals surface area contributed by atoms with Gasteiger partial charge in [0.25, 0.3) is 0 Å². The van der Waals surface area contributed by atoms with Gasteiger partial charge in [-0.2, -0.15) is 0 Å². The third-order valence-corrected chi connectivity index (χ3v) is 2.26. The molecular formula is C9H18NO9P. The highest BCUT2D eigenvalue weighted by molar-refractivity contribution is 7.46. The Bertz CT molecular complexity index is 390. The number of aliphatic hydroxyl groups excluding tert-OH is 2. The maximum Gasteiger partial charge on any atom is 0.470 e. The summed E-state index contributed by atoms with van der Waals surface area (Å²) in [7, 11) is 0.979. The van der Waals surface area contributed by atoms with Gasteiger partial charge in [-0.1, -0.05) is 0 Å². The van der Waals surface area contributed by atoms with Crippen molar-refractivity contribution < 1.29 is 43.4 Å². The standard InChI is InChI=1S/C6H9O9P.C3H9N/c7-1-2(8)4-3(9)5(6(10)14-4)15-16(11,12)13;1-4(2)3/h2,4-5,7-8H,1H2,(H2,11,12,13);1-3H3/t2-,4-,5?;/m1./s1.